The number of hydrogen-bond acceptors (Lipinski definition) is 3. The summed E-state index contributed by atoms with van der Waals surface area (Å²) in [7, 11) is 2.13. The fourth-order valence-corrected chi connectivity index (χ4v) is 2.45. The zero-order chi connectivity index (χ0) is 13.0. The number of nitrogens with zero attached hydrogens (tertiary/aromatic N) is 2. The molecule has 1 aromatic rings. The molecule has 0 aliphatic carbocycles. The highest BCUT2D eigenvalue weighted by atomic mass is 19.1. The van der Waals surface area contributed by atoms with Crippen molar-refractivity contribution in [2.75, 3.05) is 46.3 Å². The second-order valence-corrected chi connectivity index (χ2v) is 5.06. The number of nitrogens with two attached hydrogens (primary N) is 1. The van der Waals surface area contributed by atoms with E-state index in [4.69, 9.17) is 5.73 Å². The second-order valence-electron chi connectivity index (χ2n) is 5.06. The highest BCUT2D eigenvalue weighted by Gasteiger charge is 2.20. The molecule has 4 heteroatoms. The van der Waals surface area contributed by atoms with Gasteiger partial charge in [-0.15, -0.1) is 0 Å². The average molecular weight is 251 g/mol. The van der Waals surface area contributed by atoms with E-state index in [9.17, 15) is 4.39 Å². The lowest BCUT2D eigenvalue weighted by atomic mass is 9.97. The Morgan fingerprint density at radius 1 is 1.22 bits per heavy atom. The normalized spacial score (nSPS) is 19.9. The van der Waals surface area contributed by atoms with Crippen LogP contribution in [0.5, 0.6) is 0 Å². The number of benzene rings is 1. The molecule has 1 aliphatic rings. The highest BCUT2D eigenvalue weighted by molar-refractivity contribution is 5.22. The smallest absolute Gasteiger partial charge is 0.126 e. The number of hydrogen-bond donors (Lipinski definition) is 1. The molecule has 1 atom stereocenters. The third-order valence-corrected chi connectivity index (χ3v) is 3.70. The minimum Gasteiger partial charge on any atom is -0.330 e. The molecule has 18 heavy (non-hydrogen) atoms. The number of piperazine rings is 1. The Morgan fingerprint density at radius 3 is 2.50 bits per heavy atom. The molecule has 0 amide bonds. The van der Waals surface area contributed by atoms with Gasteiger partial charge in [-0.25, -0.2) is 4.39 Å². The Kier molecular flexibility index (Phi) is 4.69. The van der Waals surface area contributed by atoms with Crippen molar-refractivity contribution in [1.29, 1.82) is 0 Å². The minimum atomic E-state index is -0.137. The van der Waals surface area contributed by atoms with Gasteiger partial charge in [0.15, 0.2) is 0 Å². The monoisotopic (exact) mass is 251 g/mol. The van der Waals surface area contributed by atoms with Crippen LogP contribution in [0.4, 0.5) is 4.39 Å². The Labute approximate surface area is 108 Å². The van der Waals surface area contributed by atoms with E-state index in [1.54, 1.807) is 6.07 Å². The van der Waals surface area contributed by atoms with Gasteiger partial charge in [0, 0.05) is 45.2 Å². The summed E-state index contributed by atoms with van der Waals surface area (Å²) in [4.78, 5) is 4.70. The Hall–Kier alpha value is -0.970. The van der Waals surface area contributed by atoms with Gasteiger partial charge >= 0.3 is 0 Å². The van der Waals surface area contributed by atoms with E-state index in [0.717, 1.165) is 38.3 Å². The first-order valence-corrected chi connectivity index (χ1v) is 6.56. The van der Waals surface area contributed by atoms with Crippen LogP contribution >= 0.6 is 0 Å². The Balaban J connectivity index is 1.99. The first kappa shape index (κ1) is 13.5. The maximum absolute atomic E-state index is 13.8. The molecule has 0 radical (unpaired) electrons. The molecule has 1 aromatic carbocycles. The van der Waals surface area contributed by atoms with Crippen molar-refractivity contribution in [3.05, 3.63) is 35.6 Å². The summed E-state index contributed by atoms with van der Waals surface area (Å²) in [6.07, 6.45) is 0. The Bertz CT molecular complexity index is 375. The van der Waals surface area contributed by atoms with E-state index in [0.29, 0.717) is 6.54 Å². The van der Waals surface area contributed by atoms with Gasteiger partial charge in [0.25, 0.3) is 0 Å². The van der Waals surface area contributed by atoms with Crippen LogP contribution in [0.1, 0.15) is 11.5 Å². The van der Waals surface area contributed by atoms with Crippen molar-refractivity contribution in [2.45, 2.75) is 5.92 Å². The fraction of sp³-hybridized carbons (Fsp3) is 0.571. The molecule has 1 unspecified atom stereocenters. The van der Waals surface area contributed by atoms with E-state index in [-0.39, 0.29) is 11.7 Å². The zero-order valence-corrected chi connectivity index (χ0v) is 11.0. The average Bonchev–Trinajstić information content (AvgIpc) is 2.39. The standard InChI is InChI=1S/C14H22FN3/c1-17-6-8-18(9-7-17)11-12(10-16)13-4-2-3-5-14(13)15/h2-5,12H,6-11,16H2,1H3. The predicted octanol–water partition coefficient (Wildman–Crippen LogP) is 1.12. The summed E-state index contributed by atoms with van der Waals surface area (Å²) in [5.41, 5.74) is 6.56. The summed E-state index contributed by atoms with van der Waals surface area (Å²) >= 11 is 0. The first-order valence-electron chi connectivity index (χ1n) is 6.56. The summed E-state index contributed by atoms with van der Waals surface area (Å²) in [6, 6.07) is 6.97. The van der Waals surface area contributed by atoms with E-state index >= 15 is 0 Å². The third kappa shape index (κ3) is 3.28. The van der Waals surface area contributed by atoms with Crippen molar-refractivity contribution in [3.8, 4) is 0 Å². The van der Waals surface area contributed by atoms with Gasteiger partial charge in [0.2, 0.25) is 0 Å². The minimum absolute atomic E-state index is 0.0922. The molecular weight excluding hydrogens is 229 g/mol. The van der Waals surface area contributed by atoms with Gasteiger partial charge in [0.1, 0.15) is 5.82 Å². The Morgan fingerprint density at radius 2 is 1.89 bits per heavy atom. The SMILES string of the molecule is CN1CCN(CC(CN)c2ccccc2F)CC1. The van der Waals surface area contributed by atoms with E-state index < -0.39 is 0 Å². The molecule has 2 N–H and O–H groups in total. The summed E-state index contributed by atoms with van der Waals surface area (Å²) in [6.45, 7) is 5.59. The van der Waals surface area contributed by atoms with Gasteiger partial charge in [-0.1, -0.05) is 18.2 Å². The largest absolute Gasteiger partial charge is 0.330 e. The van der Waals surface area contributed by atoms with Crippen LogP contribution in [-0.4, -0.2) is 56.1 Å². The third-order valence-electron chi connectivity index (χ3n) is 3.70. The van der Waals surface area contributed by atoms with Crippen molar-refractivity contribution in [1.82, 2.24) is 9.80 Å². The van der Waals surface area contributed by atoms with Crippen LogP contribution in [0.25, 0.3) is 0 Å². The van der Waals surface area contributed by atoms with Gasteiger partial charge in [-0.05, 0) is 18.7 Å². The lowest BCUT2D eigenvalue weighted by molar-refractivity contribution is 0.147. The zero-order valence-electron chi connectivity index (χ0n) is 11.0. The predicted molar refractivity (Wildman–Crippen MR) is 72.1 cm³/mol. The fourth-order valence-electron chi connectivity index (χ4n) is 2.45. The van der Waals surface area contributed by atoms with Crippen LogP contribution in [0.3, 0.4) is 0 Å². The topological polar surface area (TPSA) is 32.5 Å². The number of rotatable bonds is 4. The molecule has 1 heterocycles. The molecule has 3 nitrogen and oxygen atoms in total. The summed E-state index contributed by atoms with van der Waals surface area (Å²) in [5, 5.41) is 0. The number of likely N-dealkylation sites (N-methyl/N-ethyl adjacent to an activating group) is 1. The quantitative estimate of drug-likeness (QED) is 0.870. The molecule has 2 rings (SSSR count). The molecular formula is C14H22FN3. The summed E-state index contributed by atoms with van der Waals surface area (Å²) < 4.78 is 13.8. The maximum Gasteiger partial charge on any atom is 0.126 e. The van der Waals surface area contributed by atoms with Gasteiger partial charge < -0.3 is 15.5 Å². The number of halogens is 1. The van der Waals surface area contributed by atoms with Gasteiger partial charge in [-0.3, -0.25) is 0 Å². The molecule has 100 valence electrons. The van der Waals surface area contributed by atoms with E-state index in [2.05, 4.69) is 16.8 Å². The summed E-state index contributed by atoms with van der Waals surface area (Å²) in [5.74, 6) is -0.0447. The van der Waals surface area contributed by atoms with Crippen molar-refractivity contribution >= 4 is 0 Å². The van der Waals surface area contributed by atoms with Crippen molar-refractivity contribution in [3.63, 3.8) is 0 Å². The molecule has 1 fully saturated rings. The lowest BCUT2D eigenvalue weighted by Crippen LogP contribution is -2.46. The van der Waals surface area contributed by atoms with Crippen molar-refractivity contribution < 1.29 is 4.39 Å². The second kappa shape index (κ2) is 6.27. The van der Waals surface area contributed by atoms with Gasteiger partial charge in [-0.2, -0.15) is 0 Å². The van der Waals surface area contributed by atoms with Crippen LogP contribution in [0.15, 0.2) is 24.3 Å². The maximum atomic E-state index is 13.8. The van der Waals surface area contributed by atoms with Crippen LogP contribution < -0.4 is 5.73 Å². The highest BCUT2D eigenvalue weighted by Crippen LogP contribution is 2.19. The van der Waals surface area contributed by atoms with Crippen LogP contribution in [0.2, 0.25) is 0 Å². The molecule has 0 saturated carbocycles. The molecule has 1 saturated heterocycles. The molecule has 0 spiro atoms. The molecule has 0 aromatic heterocycles. The molecule has 1 aliphatic heterocycles. The lowest BCUT2D eigenvalue weighted by Gasteiger charge is -2.34. The van der Waals surface area contributed by atoms with E-state index in [1.807, 2.05) is 12.1 Å². The first-order chi connectivity index (χ1) is 8.70. The molecule has 0 bridgehead atoms. The van der Waals surface area contributed by atoms with Gasteiger partial charge in [0.05, 0.1) is 0 Å². The van der Waals surface area contributed by atoms with Crippen molar-refractivity contribution in [2.24, 2.45) is 5.73 Å². The van der Waals surface area contributed by atoms with Crippen LogP contribution in [-0.2, 0) is 0 Å². The van der Waals surface area contributed by atoms with Crippen LogP contribution in [0, 0.1) is 5.82 Å². The van der Waals surface area contributed by atoms with E-state index in [1.165, 1.54) is 6.07 Å².